The van der Waals surface area contributed by atoms with Gasteiger partial charge in [0.2, 0.25) is 0 Å². The number of nitrogens with zero attached hydrogens (tertiary/aromatic N) is 1. The van der Waals surface area contributed by atoms with Gasteiger partial charge in [0.25, 0.3) is 11.6 Å². The molecule has 0 fully saturated rings. The summed E-state index contributed by atoms with van der Waals surface area (Å²) in [5.74, 6) is 0.329. The normalized spacial score (nSPS) is 10.3. The zero-order valence-electron chi connectivity index (χ0n) is 13.8. The van der Waals surface area contributed by atoms with E-state index in [1.165, 1.54) is 30.0 Å². The molecule has 6 heteroatoms. The number of carbonyl (C=O) groups excluding carboxylic acids is 1. The Morgan fingerprint density at radius 2 is 1.62 bits per heavy atom. The average Bonchev–Trinajstić information content (AvgIpc) is 2.67. The van der Waals surface area contributed by atoms with Gasteiger partial charge in [-0.25, -0.2) is 0 Å². The third kappa shape index (κ3) is 4.49. The second-order valence-corrected chi connectivity index (χ2v) is 6.55. The number of nitrogens with one attached hydrogen (secondary N) is 1. The summed E-state index contributed by atoms with van der Waals surface area (Å²) < 4.78 is 0. The van der Waals surface area contributed by atoms with Crippen LogP contribution < -0.4 is 5.32 Å². The minimum absolute atomic E-state index is 0.0307. The summed E-state index contributed by atoms with van der Waals surface area (Å²) in [6, 6.07) is 23.2. The minimum Gasteiger partial charge on any atom is -0.322 e. The highest BCUT2D eigenvalue weighted by Crippen LogP contribution is 2.30. The molecule has 0 aromatic heterocycles. The first kappa shape index (κ1) is 17.7. The van der Waals surface area contributed by atoms with Crippen molar-refractivity contribution < 1.29 is 9.72 Å². The lowest BCUT2D eigenvalue weighted by Gasteiger charge is -2.10. The Bertz CT molecular complexity index is 915. The van der Waals surface area contributed by atoms with E-state index < -0.39 is 4.92 Å². The lowest BCUT2D eigenvalue weighted by Crippen LogP contribution is -2.13. The van der Waals surface area contributed by atoms with Crippen molar-refractivity contribution in [3.8, 4) is 0 Å². The monoisotopic (exact) mass is 364 g/mol. The molecule has 0 aliphatic rings. The summed E-state index contributed by atoms with van der Waals surface area (Å²) in [4.78, 5) is 23.9. The van der Waals surface area contributed by atoms with Gasteiger partial charge in [-0.3, -0.25) is 14.9 Å². The zero-order valence-corrected chi connectivity index (χ0v) is 14.6. The summed E-state index contributed by atoms with van der Waals surface area (Å²) in [6.07, 6.45) is 0. The summed E-state index contributed by atoms with van der Waals surface area (Å²) in [5, 5.41) is 13.9. The van der Waals surface area contributed by atoms with E-state index in [9.17, 15) is 14.9 Å². The Kier molecular flexibility index (Phi) is 5.66. The van der Waals surface area contributed by atoms with E-state index in [2.05, 4.69) is 5.32 Å². The Morgan fingerprint density at radius 1 is 0.962 bits per heavy atom. The number of para-hydroxylation sites is 1. The first-order valence-corrected chi connectivity index (χ1v) is 8.93. The van der Waals surface area contributed by atoms with Crippen molar-refractivity contribution in [3.63, 3.8) is 0 Å². The van der Waals surface area contributed by atoms with Crippen LogP contribution in [0.25, 0.3) is 0 Å². The van der Waals surface area contributed by atoms with Crippen molar-refractivity contribution in [2.24, 2.45) is 0 Å². The lowest BCUT2D eigenvalue weighted by molar-refractivity contribution is -0.385. The number of nitro groups is 1. The Balaban J connectivity index is 1.85. The van der Waals surface area contributed by atoms with Crippen LogP contribution in [-0.2, 0) is 5.75 Å². The minimum atomic E-state index is -0.453. The van der Waals surface area contributed by atoms with E-state index in [1.54, 1.807) is 12.1 Å². The largest absolute Gasteiger partial charge is 0.322 e. The molecule has 0 radical (unpaired) electrons. The van der Waals surface area contributed by atoms with Crippen LogP contribution in [0, 0.1) is 10.1 Å². The van der Waals surface area contributed by atoms with Crippen LogP contribution in [0.5, 0.6) is 0 Å². The van der Waals surface area contributed by atoms with Crippen LogP contribution in [-0.4, -0.2) is 10.8 Å². The fraction of sp³-hybridized carbons (Fsp3) is 0.0500. The Morgan fingerprint density at radius 3 is 2.27 bits per heavy atom. The van der Waals surface area contributed by atoms with E-state index in [0.29, 0.717) is 21.9 Å². The molecule has 0 saturated carbocycles. The molecule has 3 aromatic carbocycles. The highest BCUT2D eigenvalue weighted by Gasteiger charge is 2.17. The molecule has 0 bridgehead atoms. The average molecular weight is 364 g/mol. The quantitative estimate of drug-likeness (QED) is 0.373. The van der Waals surface area contributed by atoms with Crippen molar-refractivity contribution >= 4 is 29.0 Å². The van der Waals surface area contributed by atoms with Gasteiger partial charge in [-0.1, -0.05) is 48.5 Å². The van der Waals surface area contributed by atoms with E-state index in [1.807, 2.05) is 48.5 Å². The molecule has 3 aromatic rings. The van der Waals surface area contributed by atoms with E-state index in [4.69, 9.17) is 0 Å². The van der Waals surface area contributed by atoms with Crippen molar-refractivity contribution in [3.05, 3.63) is 100 Å². The van der Waals surface area contributed by atoms with Crippen LogP contribution in [0.15, 0.2) is 83.8 Å². The number of hydrogen-bond donors (Lipinski definition) is 1. The third-order valence-electron chi connectivity index (χ3n) is 3.69. The molecule has 0 aliphatic heterocycles. The smallest absolute Gasteiger partial charge is 0.270 e. The molecule has 0 atom stereocenters. The van der Waals surface area contributed by atoms with Gasteiger partial charge in [0.15, 0.2) is 0 Å². The molecule has 3 rings (SSSR count). The van der Waals surface area contributed by atoms with Crippen molar-refractivity contribution in [2.45, 2.75) is 10.6 Å². The molecular weight excluding hydrogens is 348 g/mol. The van der Waals surface area contributed by atoms with E-state index in [-0.39, 0.29) is 11.6 Å². The lowest BCUT2D eigenvalue weighted by atomic mass is 10.2. The summed E-state index contributed by atoms with van der Waals surface area (Å²) in [7, 11) is 0. The van der Waals surface area contributed by atoms with Crippen LogP contribution in [0.3, 0.4) is 0 Å². The number of amides is 1. The number of hydrogen-bond acceptors (Lipinski definition) is 4. The van der Waals surface area contributed by atoms with Crippen molar-refractivity contribution in [1.82, 2.24) is 0 Å². The summed E-state index contributed by atoms with van der Waals surface area (Å²) >= 11 is 1.41. The third-order valence-corrected chi connectivity index (χ3v) is 4.82. The molecule has 1 amide bonds. The summed E-state index contributed by atoms with van der Waals surface area (Å²) in [5.41, 5.74) is 2.14. The van der Waals surface area contributed by atoms with Gasteiger partial charge in [0.1, 0.15) is 0 Å². The maximum atomic E-state index is 12.6. The topological polar surface area (TPSA) is 72.2 Å². The Hall–Kier alpha value is -3.12. The van der Waals surface area contributed by atoms with E-state index in [0.717, 1.165) is 5.56 Å². The molecule has 0 saturated heterocycles. The molecular formula is C20H16N2O3S. The second-order valence-electron chi connectivity index (χ2n) is 5.53. The Labute approximate surface area is 155 Å². The number of nitro benzene ring substituents is 1. The van der Waals surface area contributed by atoms with Crippen LogP contribution in [0.4, 0.5) is 11.4 Å². The fourth-order valence-corrected chi connectivity index (χ4v) is 3.42. The van der Waals surface area contributed by atoms with Crippen molar-refractivity contribution in [1.29, 1.82) is 0 Å². The zero-order chi connectivity index (χ0) is 18.4. The van der Waals surface area contributed by atoms with Crippen LogP contribution in [0.1, 0.15) is 15.9 Å². The molecule has 130 valence electrons. The van der Waals surface area contributed by atoms with Gasteiger partial charge in [0, 0.05) is 28.5 Å². The van der Waals surface area contributed by atoms with Gasteiger partial charge in [0.05, 0.1) is 10.5 Å². The predicted molar refractivity (Wildman–Crippen MR) is 103 cm³/mol. The second kappa shape index (κ2) is 8.31. The highest BCUT2D eigenvalue weighted by atomic mass is 32.2. The van der Waals surface area contributed by atoms with E-state index >= 15 is 0 Å². The highest BCUT2D eigenvalue weighted by molar-refractivity contribution is 7.98. The van der Waals surface area contributed by atoms with Gasteiger partial charge in [-0.05, 0) is 23.8 Å². The maximum Gasteiger partial charge on any atom is 0.270 e. The molecule has 0 spiro atoms. The SMILES string of the molecule is O=C(Nc1ccccc1)c1ccc([N+](=O)[O-])cc1SCc1ccccc1. The molecule has 0 aliphatic carbocycles. The number of benzene rings is 3. The standard InChI is InChI=1S/C20H16N2O3S/c23-20(21-16-9-5-2-6-10-16)18-12-11-17(22(24)25)13-19(18)26-14-15-7-3-1-4-8-15/h1-13H,14H2,(H,21,23). The summed E-state index contributed by atoms with van der Waals surface area (Å²) in [6.45, 7) is 0. The van der Waals surface area contributed by atoms with Gasteiger partial charge in [-0.15, -0.1) is 11.8 Å². The number of thioether (sulfide) groups is 1. The van der Waals surface area contributed by atoms with Gasteiger partial charge >= 0.3 is 0 Å². The fourth-order valence-electron chi connectivity index (χ4n) is 2.39. The van der Waals surface area contributed by atoms with Crippen LogP contribution in [0.2, 0.25) is 0 Å². The molecule has 0 unspecified atom stereocenters. The maximum absolute atomic E-state index is 12.6. The predicted octanol–water partition coefficient (Wildman–Crippen LogP) is 5.14. The van der Waals surface area contributed by atoms with Crippen LogP contribution >= 0.6 is 11.8 Å². The molecule has 26 heavy (non-hydrogen) atoms. The van der Waals surface area contributed by atoms with Gasteiger partial charge in [-0.2, -0.15) is 0 Å². The number of carbonyl (C=O) groups is 1. The van der Waals surface area contributed by atoms with Crippen molar-refractivity contribution in [2.75, 3.05) is 5.32 Å². The first-order valence-electron chi connectivity index (χ1n) is 7.95. The molecule has 0 heterocycles. The van der Waals surface area contributed by atoms with Gasteiger partial charge < -0.3 is 5.32 Å². The molecule has 1 N–H and O–H groups in total. The number of non-ortho nitro benzene ring substituents is 1. The molecule has 5 nitrogen and oxygen atoms in total. The number of rotatable bonds is 6. The first-order chi connectivity index (χ1) is 12.6. The number of anilines is 1.